The maximum Gasteiger partial charge on any atom is 0.199 e. The Bertz CT molecular complexity index is 208. The highest BCUT2D eigenvalue weighted by Gasteiger charge is 1.90. The van der Waals surface area contributed by atoms with E-state index in [9.17, 15) is 4.79 Å². The zero-order chi connectivity index (χ0) is 7.94. The Hall–Kier alpha value is -0.760. The minimum atomic E-state index is 0.513. The summed E-state index contributed by atoms with van der Waals surface area (Å²) in [4.78, 5) is 11.1. The second-order valence-electron chi connectivity index (χ2n) is 2.06. The first kappa shape index (κ1) is 8.34. The van der Waals surface area contributed by atoms with E-state index < -0.39 is 0 Å². The maximum absolute atomic E-state index is 9.86. The SMILES string of the molecule is O=[C]CCSc1ccccc1. The minimum absolute atomic E-state index is 0.513. The molecule has 0 saturated carbocycles. The molecular formula is C9H9OS. The van der Waals surface area contributed by atoms with Crippen LogP contribution in [-0.4, -0.2) is 12.0 Å². The van der Waals surface area contributed by atoms with E-state index in [0.717, 1.165) is 5.75 Å². The van der Waals surface area contributed by atoms with Gasteiger partial charge in [0.25, 0.3) is 0 Å². The molecule has 57 valence electrons. The van der Waals surface area contributed by atoms with Crippen molar-refractivity contribution in [2.24, 2.45) is 0 Å². The zero-order valence-electron chi connectivity index (χ0n) is 6.12. The molecule has 0 aliphatic carbocycles. The fraction of sp³-hybridized carbons (Fsp3) is 0.222. The van der Waals surface area contributed by atoms with E-state index in [4.69, 9.17) is 0 Å². The first-order chi connectivity index (χ1) is 5.43. The molecule has 0 aliphatic rings. The molecule has 1 aromatic carbocycles. The summed E-state index contributed by atoms with van der Waals surface area (Å²) in [6.45, 7) is 0. The van der Waals surface area contributed by atoms with Crippen LogP contribution < -0.4 is 0 Å². The Labute approximate surface area is 70.8 Å². The van der Waals surface area contributed by atoms with Gasteiger partial charge in [-0.05, 0) is 12.1 Å². The Morgan fingerprint density at radius 2 is 2.00 bits per heavy atom. The summed E-state index contributed by atoms with van der Waals surface area (Å²) in [6.07, 6.45) is 2.38. The lowest BCUT2D eigenvalue weighted by Gasteiger charge is -1.95. The van der Waals surface area contributed by atoms with E-state index in [-0.39, 0.29) is 0 Å². The van der Waals surface area contributed by atoms with Gasteiger partial charge in [-0.15, -0.1) is 11.8 Å². The molecule has 0 saturated heterocycles. The van der Waals surface area contributed by atoms with Gasteiger partial charge >= 0.3 is 0 Å². The van der Waals surface area contributed by atoms with E-state index in [2.05, 4.69) is 0 Å². The van der Waals surface area contributed by atoms with E-state index in [1.807, 2.05) is 36.6 Å². The fourth-order valence-corrected chi connectivity index (χ4v) is 1.50. The van der Waals surface area contributed by atoms with Gasteiger partial charge in [-0.2, -0.15) is 0 Å². The van der Waals surface area contributed by atoms with Crippen molar-refractivity contribution in [2.45, 2.75) is 11.3 Å². The summed E-state index contributed by atoms with van der Waals surface area (Å²) >= 11 is 1.68. The van der Waals surface area contributed by atoms with Crippen molar-refractivity contribution in [3.8, 4) is 0 Å². The molecule has 1 rings (SSSR count). The van der Waals surface area contributed by atoms with Crippen LogP contribution in [0.25, 0.3) is 0 Å². The highest BCUT2D eigenvalue weighted by atomic mass is 32.2. The van der Waals surface area contributed by atoms with Crippen LogP contribution in [-0.2, 0) is 4.79 Å². The third kappa shape index (κ3) is 3.23. The molecule has 0 amide bonds. The van der Waals surface area contributed by atoms with Crippen LogP contribution in [0.4, 0.5) is 0 Å². The Morgan fingerprint density at radius 1 is 1.27 bits per heavy atom. The number of thioether (sulfide) groups is 1. The summed E-state index contributed by atoms with van der Waals surface area (Å²) in [7, 11) is 0. The van der Waals surface area contributed by atoms with E-state index in [0.29, 0.717) is 6.42 Å². The van der Waals surface area contributed by atoms with Crippen LogP contribution in [0.15, 0.2) is 35.2 Å². The third-order valence-corrected chi connectivity index (χ3v) is 2.23. The molecule has 0 spiro atoms. The van der Waals surface area contributed by atoms with Crippen LogP contribution >= 0.6 is 11.8 Å². The summed E-state index contributed by atoms with van der Waals surface area (Å²) in [5.74, 6) is 0.827. The summed E-state index contributed by atoms with van der Waals surface area (Å²) in [5.41, 5.74) is 0. The summed E-state index contributed by atoms with van der Waals surface area (Å²) in [5, 5.41) is 0. The topological polar surface area (TPSA) is 17.1 Å². The number of carbonyl (C=O) groups excluding carboxylic acids is 1. The van der Waals surface area contributed by atoms with Crippen LogP contribution in [0.2, 0.25) is 0 Å². The molecule has 0 bridgehead atoms. The number of hydrogen-bond donors (Lipinski definition) is 0. The predicted molar refractivity (Wildman–Crippen MR) is 47.5 cm³/mol. The molecular weight excluding hydrogens is 156 g/mol. The lowest BCUT2D eigenvalue weighted by Crippen LogP contribution is -1.79. The van der Waals surface area contributed by atoms with Crippen molar-refractivity contribution in [3.05, 3.63) is 30.3 Å². The molecule has 0 heterocycles. The molecule has 1 radical (unpaired) electrons. The number of rotatable bonds is 4. The average molecular weight is 165 g/mol. The molecule has 0 aliphatic heterocycles. The van der Waals surface area contributed by atoms with Crippen molar-refractivity contribution in [2.75, 3.05) is 5.75 Å². The van der Waals surface area contributed by atoms with Gasteiger partial charge in [0.05, 0.1) is 0 Å². The molecule has 0 fully saturated rings. The van der Waals surface area contributed by atoms with Crippen LogP contribution in [0, 0.1) is 0 Å². The molecule has 0 aromatic heterocycles. The smallest absolute Gasteiger partial charge is 0.199 e. The minimum Gasteiger partial charge on any atom is -0.291 e. The maximum atomic E-state index is 9.86. The Kier molecular flexibility index (Phi) is 3.76. The summed E-state index contributed by atoms with van der Waals surface area (Å²) < 4.78 is 0. The standard InChI is InChI=1S/C9H9OS/c10-7-4-8-11-9-5-2-1-3-6-9/h1-3,5-6H,4,8H2. The zero-order valence-corrected chi connectivity index (χ0v) is 6.93. The molecule has 1 aromatic rings. The molecule has 0 unspecified atom stereocenters. The fourth-order valence-electron chi connectivity index (χ4n) is 0.727. The molecule has 2 heteroatoms. The highest BCUT2D eigenvalue weighted by molar-refractivity contribution is 7.99. The largest absolute Gasteiger partial charge is 0.291 e. The second-order valence-corrected chi connectivity index (χ2v) is 3.22. The van der Waals surface area contributed by atoms with Crippen LogP contribution in [0.1, 0.15) is 6.42 Å². The van der Waals surface area contributed by atoms with Gasteiger partial charge in [0.15, 0.2) is 6.29 Å². The van der Waals surface area contributed by atoms with Crippen molar-refractivity contribution in [1.82, 2.24) is 0 Å². The molecule has 0 atom stereocenters. The van der Waals surface area contributed by atoms with E-state index in [1.165, 1.54) is 4.90 Å². The van der Waals surface area contributed by atoms with Crippen LogP contribution in [0.5, 0.6) is 0 Å². The lowest BCUT2D eigenvalue weighted by atomic mass is 10.4. The normalized spacial score (nSPS) is 9.45. The van der Waals surface area contributed by atoms with Gasteiger partial charge in [-0.1, -0.05) is 18.2 Å². The number of hydrogen-bond acceptors (Lipinski definition) is 2. The van der Waals surface area contributed by atoms with Crippen molar-refractivity contribution in [1.29, 1.82) is 0 Å². The average Bonchev–Trinajstić information content (AvgIpc) is 2.07. The molecule has 11 heavy (non-hydrogen) atoms. The quantitative estimate of drug-likeness (QED) is 0.503. The van der Waals surface area contributed by atoms with Crippen LogP contribution in [0.3, 0.4) is 0 Å². The summed E-state index contributed by atoms with van der Waals surface area (Å²) in [6, 6.07) is 10.0. The van der Waals surface area contributed by atoms with Gasteiger partial charge in [0.2, 0.25) is 0 Å². The van der Waals surface area contributed by atoms with Gasteiger partial charge in [0.1, 0.15) is 0 Å². The van der Waals surface area contributed by atoms with Gasteiger partial charge in [-0.3, -0.25) is 4.79 Å². The van der Waals surface area contributed by atoms with E-state index in [1.54, 1.807) is 11.8 Å². The number of benzene rings is 1. The first-order valence-corrected chi connectivity index (χ1v) is 4.45. The van der Waals surface area contributed by atoms with Gasteiger partial charge in [0, 0.05) is 17.1 Å². The van der Waals surface area contributed by atoms with E-state index >= 15 is 0 Å². The Morgan fingerprint density at radius 3 is 2.64 bits per heavy atom. The Balaban J connectivity index is 2.33. The molecule has 1 nitrogen and oxygen atoms in total. The van der Waals surface area contributed by atoms with Crippen molar-refractivity contribution >= 4 is 18.0 Å². The lowest BCUT2D eigenvalue weighted by molar-refractivity contribution is 0.554. The van der Waals surface area contributed by atoms with Crippen molar-refractivity contribution < 1.29 is 4.79 Å². The first-order valence-electron chi connectivity index (χ1n) is 3.46. The van der Waals surface area contributed by atoms with Gasteiger partial charge < -0.3 is 0 Å². The van der Waals surface area contributed by atoms with Gasteiger partial charge in [-0.25, -0.2) is 0 Å². The third-order valence-electron chi connectivity index (χ3n) is 1.22. The highest BCUT2D eigenvalue weighted by Crippen LogP contribution is 2.16. The molecule has 0 N–H and O–H groups in total. The predicted octanol–water partition coefficient (Wildman–Crippen LogP) is 2.28. The second kappa shape index (κ2) is 4.97. The monoisotopic (exact) mass is 165 g/mol. The van der Waals surface area contributed by atoms with Crippen molar-refractivity contribution in [3.63, 3.8) is 0 Å².